The van der Waals surface area contributed by atoms with E-state index in [1.807, 2.05) is 0 Å². The highest BCUT2D eigenvalue weighted by Crippen LogP contribution is 2.36. The molecule has 0 N–H and O–H groups in total. The molecule has 1 aromatic rings. The lowest BCUT2D eigenvalue weighted by Gasteiger charge is -2.19. The maximum atomic E-state index is 2.51. The Kier molecular flexibility index (Phi) is 5.17. The van der Waals surface area contributed by atoms with E-state index >= 15 is 0 Å². The van der Waals surface area contributed by atoms with E-state index in [2.05, 4.69) is 31.2 Å². The Balaban J connectivity index is 1.55. The molecular weight excluding hydrogens is 252 g/mol. The summed E-state index contributed by atoms with van der Waals surface area (Å²) in [5.41, 5.74) is 6.27. The van der Waals surface area contributed by atoms with Crippen molar-refractivity contribution in [1.29, 1.82) is 0 Å². The van der Waals surface area contributed by atoms with E-state index in [1.54, 1.807) is 22.6 Å². The number of rotatable bonds is 7. The SMILES string of the molecule is CCCCCCCC[C]1C=Cc2cc3c(cc21)CCCC3. The summed E-state index contributed by atoms with van der Waals surface area (Å²) in [5, 5.41) is 0. The minimum Gasteiger partial charge on any atom is -0.0721 e. The van der Waals surface area contributed by atoms with Crippen LogP contribution in [-0.2, 0) is 12.8 Å². The van der Waals surface area contributed by atoms with Gasteiger partial charge in [-0.1, -0.05) is 69.7 Å². The van der Waals surface area contributed by atoms with Gasteiger partial charge in [0.25, 0.3) is 0 Å². The molecule has 0 fully saturated rings. The zero-order valence-electron chi connectivity index (χ0n) is 13.6. The van der Waals surface area contributed by atoms with Crippen molar-refractivity contribution in [3.05, 3.63) is 46.4 Å². The third kappa shape index (κ3) is 3.59. The molecule has 0 amide bonds. The van der Waals surface area contributed by atoms with Crippen molar-refractivity contribution in [1.82, 2.24) is 0 Å². The quantitative estimate of drug-likeness (QED) is 0.517. The number of fused-ring (bicyclic) bond motifs is 2. The van der Waals surface area contributed by atoms with E-state index in [0.29, 0.717) is 0 Å². The molecule has 1 radical (unpaired) electrons. The molecule has 0 heteroatoms. The van der Waals surface area contributed by atoms with Crippen LogP contribution < -0.4 is 0 Å². The third-order valence-corrected chi connectivity index (χ3v) is 5.12. The fourth-order valence-electron chi connectivity index (χ4n) is 3.81. The zero-order valence-corrected chi connectivity index (χ0v) is 13.6. The van der Waals surface area contributed by atoms with Gasteiger partial charge >= 0.3 is 0 Å². The van der Waals surface area contributed by atoms with Crippen LogP contribution in [0.5, 0.6) is 0 Å². The Hall–Kier alpha value is -1.04. The summed E-state index contributed by atoms with van der Waals surface area (Å²) in [5.74, 6) is 1.59. The van der Waals surface area contributed by atoms with Gasteiger partial charge in [0.1, 0.15) is 0 Å². The van der Waals surface area contributed by atoms with Crippen molar-refractivity contribution >= 4 is 6.08 Å². The smallest absolute Gasteiger partial charge is 0.0273 e. The summed E-state index contributed by atoms with van der Waals surface area (Å²) in [6.07, 6.45) is 19.7. The predicted octanol–water partition coefficient (Wildman–Crippen LogP) is 6.27. The molecule has 0 saturated heterocycles. The highest BCUT2D eigenvalue weighted by molar-refractivity contribution is 5.70. The van der Waals surface area contributed by atoms with Crippen molar-refractivity contribution < 1.29 is 0 Å². The van der Waals surface area contributed by atoms with Crippen molar-refractivity contribution in [3.63, 3.8) is 0 Å². The zero-order chi connectivity index (χ0) is 14.5. The average molecular weight is 281 g/mol. The summed E-state index contributed by atoms with van der Waals surface area (Å²) in [6, 6.07) is 4.98. The van der Waals surface area contributed by atoms with Gasteiger partial charge in [-0.05, 0) is 54.4 Å². The Morgan fingerprint density at radius 2 is 1.52 bits per heavy atom. The molecule has 0 aromatic heterocycles. The molecule has 21 heavy (non-hydrogen) atoms. The monoisotopic (exact) mass is 281 g/mol. The molecule has 0 atom stereocenters. The van der Waals surface area contributed by atoms with Gasteiger partial charge in [-0.15, -0.1) is 0 Å². The molecule has 3 rings (SSSR count). The van der Waals surface area contributed by atoms with Crippen LogP contribution in [0.15, 0.2) is 18.2 Å². The van der Waals surface area contributed by atoms with Gasteiger partial charge in [-0.25, -0.2) is 0 Å². The van der Waals surface area contributed by atoms with Crippen molar-refractivity contribution in [2.45, 2.75) is 77.6 Å². The van der Waals surface area contributed by atoms with Crippen LogP contribution in [0.4, 0.5) is 0 Å². The summed E-state index contributed by atoms with van der Waals surface area (Å²) in [4.78, 5) is 0. The summed E-state index contributed by atoms with van der Waals surface area (Å²) >= 11 is 0. The molecule has 113 valence electrons. The fourth-order valence-corrected chi connectivity index (χ4v) is 3.81. The van der Waals surface area contributed by atoms with Crippen LogP contribution in [0, 0.1) is 5.92 Å². The number of benzene rings is 1. The summed E-state index contributed by atoms with van der Waals surface area (Å²) in [6.45, 7) is 2.29. The first-order chi connectivity index (χ1) is 10.4. The minimum atomic E-state index is 1.27. The van der Waals surface area contributed by atoms with Crippen LogP contribution in [0.1, 0.15) is 87.0 Å². The molecule has 0 saturated carbocycles. The molecule has 0 heterocycles. The van der Waals surface area contributed by atoms with E-state index in [1.165, 1.54) is 76.2 Å². The Bertz CT molecular complexity index is 495. The highest BCUT2D eigenvalue weighted by Gasteiger charge is 2.21. The van der Waals surface area contributed by atoms with Gasteiger partial charge in [0.05, 0.1) is 0 Å². The lowest BCUT2D eigenvalue weighted by molar-refractivity contribution is 0.601. The molecule has 0 nitrogen and oxygen atoms in total. The third-order valence-electron chi connectivity index (χ3n) is 5.12. The lowest BCUT2D eigenvalue weighted by Crippen LogP contribution is -2.05. The Labute approximate surface area is 130 Å². The maximum absolute atomic E-state index is 2.51. The number of hydrogen-bond donors (Lipinski definition) is 0. The molecule has 0 bridgehead atoms. The molecule has 0 spiro atoms. The first-order valence-electron chi connectivity index (χ1n) is 9.08. The molecule has 0 unspecified atom stereocenters. The summed E-state index contributed by atoms with van der Waals surface area (Å²) < 4.78 is 0. The van der Waals surface area contributed by atoms with Crippen molar-refractivity contribution in [2.24, 2.45) is 0 Å². The topological polar surface area (TPSA) is 0 Å². The normalized spacial score (nSPS) is 17.0. The number of unbranched alkanes of at least 4 members (excludes halogenated alkanes) is 5. The van der Waals surface area contributed by atoms with Crippen molar-refractivity contribution in [2.75, 3.05) is 0 Å². The lowest BCUT2D eigenvalue weighted by atomic mass is 9.86. The van der Waals surface area contributed by atoms with E-state index < -0.39 is 0 Å². The first-order valence-corrected chi connectivity index (χ1v) is 9.08. The summed E-state index contributed by atoms with van der Waals surface area (Å²) in [7, 11) is 0. The number of allylic oxidation sites excluding steroid dienone is 1. The van der Waals surface area contributed by atoms with Gasteiger partial charge < -0.3 is 0 Å². The molecular formula is C21H29. The van der Waals surface area contributed by atoms with Crippen LogP contribution in [0.25, 0.3) is 6.08 Å². The largest absolute Gasteiger partial charge is 0.0721 e. The Morgan fingerprint density at radius 3 is 2.33 bits per heavy atom. The second-order valence-corrected chi connectivity index (χ2v) is 6.79. The maximum Gasteiger partial charge on any atom is 0.0273 e. The second kappa shape index (κ2) is 7.29. The van der Waals surface area contributed by atoms with Gasteiger partial charge in [0.2, 0.25) is 0 Å². The van der Waals surface area contributed by atoms with Crippen molar-refractivity contribution in [3.8, 4) is 0 Å². The standard InChI is InChI=1S/C21H29/c1-2-3-4-5-6-7-10-17-13-14-20-15-18-11-8-9-12-19(18)16-21(17)20/h13-16H,2-12H2,1H3. The van der Waals surface area contributed by atoms with E-state index in [9.17, 15) is 0 Å². The molecule has 1 aromatic carbocycles. The van der Waals surface area contributed by atoms with Crippen LogP contribution in [0.2, 0.25) is 0 Å². The Morgan fingerprint density at radius 1 is 0.810 bits per heavy atom. The van der Waals surface area contributed by atoms with Gasteiger partial charge in [-0.2, -0.15) is 0 Å². The predicted molar refractivity (Wildman–Crippen MR) is 92.5 cm³/mol. The van der Waals surface area contributed by atoms with Gasteiger partial charge in [0, 0.05) is 5.92 Å². The fraction of sp³-hybridized carbons (Fsp3) is 0.571. The average Bonchev–Trinajstić information content (AvgIpc) is 2.90. The second-order valence-electron chi connectivity index (χ2n) is 6.79. The molecule has 2 aliphatic carbocycles. The minimum absolute atomic E-state index is 1.27. The molecule has 0 aliphatic heterocycles. The van der Waals surface area contributed by atoms with Gasteiger partial charge in [-0.3, -0.25) is 0 Å². The van der Waals surface area contributed by atoms with Gasteiger partial charge in [0.15, 0.2) is 0 Å². The van der Waals surface area contributed by atoms with E-state index in [4.69, 9.17) is 0 Å². The van der Waals surface area contributed by atoms with Crippen LogP contribution in [0.3, 0.4) is 0 Å². The van der Waals surface area contributed by atoms with E-state index in [-0.39, 0.29) is 0 Å². The first kappa shape index (κ1) is 14.9. The van der Waals surface area contributed by atoms with Crippen LogP contribution in [-0.4, -0.2) is 0 Å². The molecule has 2 aliphatic rings. The van der Waals surface area contributed by atoms with Crippen LogP contribution >= 0.6 is 0 Å². The van der Waals surface area contributed by atoms with E-state index in [0.717, 1.165) is 0 Å². The highest BCUT2D eigenvalue weighted by atomic mass is 14.2. The number of hydrogen-bond acceptors (Lipinski definition) is 0. The number of aryl methyl sites for hydroxylation is 2.